The number of amides is 1. The molecule has 1 amide bonds. The quantitative estimate of drug-likeness (QED) is 0.889. The molecule has 4 heteroatoms. The summed E-state index contributed by atoms with van der Waals surface area (Å²) >= 11 is 0. The number of aryl methyl sites for hydroxylation is 1. The van der Waals surface area contributed by atoms with Crippen LogP contribution in [-0.2, 0) is 4.74 Å². The molecule has 20 heavy (non-hydrogen) atoms. The van der Waals surface area contributed by atoms with Crippen LogP contribution in [-0.4, -0.2) is 18.2 Å². The molecule has 1 fully saturated rings. The Morgan fingerprint density at radius 2 is 2.15 bits per heavy atom. The van der Waals surface area contributed by atoms with Crippen molar-refractivity contribution in [3.8, 4) is 0 Å². The van der Waals surface area contributed by atoms with Crippen LogP contribution in [0.5, 0.6) is 0 Å². The highest BCUT2D eigenvalue weighted by atomic mass is 16.6. The van der Waals surface area contributed by atoms with Crippen molar-refractivity contribution in [2.75, 3.05) is 11.9 Å². The first kappa shape index (κ1) is 14.9. The molecule has 1 aromatic carbocycles. The fourth-order valence-electron chi connectivity index (χ4n) is 2.39. The van der Waals surface area contributed by atoms with Crippen LogP contribution in [0.1, 0.15) is 44.2 Å². The van der Waals surface area contributed by atoms with Gasteiger partial charge in [-0.05, 0) is 69.7 Å². The number of hydrogen-bond donors (Lipinski definition) is 2. The van der Waals surface area contributed by atoms with Gasteiger partial charge in [0.15, 0.2) is 0 Å². The molecule has 0 spiro atoms. The smallest absolute Gasteiger partial charge is 0.412 e. The van der Waals surface area contributed by atoms with Crippen LogP contribution in [0, 0.1) is 12.8 Å². The van der Waals surface area contributed by atoms with E-state index in [2.05, 4.69) is 17.4 Å². The second kappa shape index (κ2) is 5.44. The lowest BCUT2D eigenvalue weighted by Crippen LogP contribution is -2.27. The topological polar surface area (TPSA) is 64.3 Å². The van der Waals surface area contributed by atoms with E-state index in [0.717, 1.165) is 17.8 Å². The first-order valence-electron chi connectivity index (χ1n) is 7.11. The monoisotopic (exact) mass is 276 g/mol. The van der Waals surface area contributed by atoms with Crippen LogP contribution in [0.25, 0.3) is 0 Å². The maximum Gasteiger partial charge on any atom is 0.412 e. The Kier molecular flexibility index (Phi) is 4.04. The fraction of sp³-hybridized carbons (Fsp3) is 0.562. The molecule has 2 rings (SSSR count). The molecule has 4 nitrogen and oxygen atoms in total. The van der Waals surface area contributed by atoms with Crippen LogP contribution >= 0.6 is 0 Å². The summed E-state index contributed by atoms with van der Waals surface area (Å²) in [7, 11) is 0. The van der Waals surface area contributed by atoms with Gasteiger partial charge in [0, 0.05) is 5.69 Å². The minimum absolute atomic E-state index is 0.417. The molecule has 0 saturated heterocycles. The fourth-order valence-corrected chi connectivity index (χ4v) is 2.39. The predicted molar refractivity (Wildman–Crippen MR) is 80.9 cm³/mol. The molecule has 1 aromatic rings. The highest BCUT2D eigenvalue weighted by Gasteiger charge is 2.36. The second-order valence-corrected chi connectivity index (χ2v) is 6.54. The lowest BCUT2D eigenvalue weighted by molar-refractivity contribution is 0.0636. The average molecular weight is 276 g/mol. The van der Waals surface area contributed by atoms with Gasteiger partial charge in [-0.3, -0.25) is 5.32 Å². The SMILES string of the molecule is Cc1cc(C2CC2CN)ccc1NC(=O)OC(C)(C)C. The van der Waals surface area contributed by atoms with Crippen LogP contribution < -0.4 is 11.1 Å². The normalized spacial score (nSPS) is 21.4. The number of nitrogens with two attached hydrogens (primary N) is 1. The molecule has 0 aliphatic heterocycles. The van der Waals surface area contributed by atoms with Gasteiger partial charge in [-0.25, -0.2) is 4.79 Å². The zero-order valence-corrected chi connectivity index (χ0v) is 12.7. The van der Waals surface area contributed by atoms with Crippen LogP contribution in [0.4, 0.5) is 10.5 Å². The van der Waals surface area contributed by atoms with E-state index in [0.29, 0.717) is 11.8 Å². The van der Waals surface area contributed by atoms with Gasteiger partial charge in [-0.1, -0.05) is 12.1 Å². The number of hydrogen-bond acceptors (Lipinski definition) is 3. The third kappa shape index (κ3) is 3.73. The third-order valence-electron chi connectivity index (χ3n) is 3.54. The molecule has 2 unspecified atom stereocenters. The van der Waals surface area contributed by atoms with Crippen LogP contribution in [0.15, 0.2) is 18.2 Å². The number of ether oxygens (including phenoxy) is 1. The summed E-state index contributed by atoms with van der Waals surface area (Å²) in [6, 6.07) is 6.15. The van der Waals surface area contributed by atoms with Gasteiger partial charge in [0.1, 0.15) is 5.60 Å². The molecule has 0 bridgehead atoms. The average Bonchev–Trinajstić information content (AvgIpc) is 3.08. The maximum absolute atomic E-state index is 11.8. The van der Waals surface area contributed by atoms with Gasteiger partial charge in [-0.15, -0.1) is 0 Å². The van der Waals surface area contributed by atoms with Gasteiger partial charge in [0.25, 0.3) is 0 Å². The van der Waals surface area contributed by atoms with E-state index in [1.165, 1.54) is 12.0 Å². The molecule has 110 valence electrons. The molecule has 1 saturated carbocycles. The van der Waals surface area contributed by atoms with Crippen molar-refractivity contribution in [2.45, 2.75) is 45.6 Å². The van der Waals surface area contributed by atoms with E-state index in [1.807, 2.05) is 33.8 Å². The Morgan fingerprint density at radius 1 is 1.45 bits per heavy atom. The van der Waals surface area contributed by atoms with Crippen molar-refractivity contribution in [1.29, 1.82) is 0 Å². The van der Waals surface area contributed by atoms with Gasteiger partial charge >= 0.3 is 6.09 Å². The summed E-state index contributed by atoms with van der Waals surface area (Å²) in [5.41, 5.74) is 8.36. The van der Waals surface area contributed by atoms with Gasteiger partial charge < -0.3 is 10.5 Å². The van der Waals surface area contributed by atoms with E-state index < -0.39 is 11.7 Å². The van der Waals surface area contributed by atoms with Crippen molar-refractivity contribution in [2.24, 2.45) is 11.7 Å². The lowest BCUT2D eigenvalue weighted by Gasteiger charge is -2.20. The van der Waals surface area contributed by atoms with Gasteiger partial charge in [-0.2, -0.15) is 0 Å². The summed E-state index contributed by atoms with van der Waals surface area (Å²) in [4.78, 5) is 11.8. The summed E-state index contributed by atoms with van der Waals surface area (Å²) < 4.78 is 5.25. The third-order valence-corrected chi connectivity index (χ3v) is 3.54. The number of rotatable bonds is 3. The minimum Gasteiger partial charge on any atom is -0.444 e. The first-order chi connectivity index (χ1) is 9.30. The summed E-state index contributed by atoms with van der Waals surface area (Å²) in [5.74, 6) is 1.22. The van der Waals surface area contributed by atoms with Crippen LogP contribution in [0.2, 0.25) is 0 Å². The molecule has 0 heterocycles. The zero-order chi connectivity index (χ0) is 14.9. The van der Waals surface area contributed by atoms with Crippen molar-refractivity contribution in [3.63, 3.8) is 0 Å². The summed E-state index contributed by atoms with van der Waals surface area (Å²) in [6.07, 6.45) is 0.758. The van der Waals surface area contributed by atoms with E-state index in [1.54, 1.807) is 0 Å². The standard InChI is InChI=1S/C16H24N2O2/c1-10-7-11(13-8-12(13)9-17)5-6-14(10)18-15(19)20-16(2,3)4/h5-7,12-13H,8-9,17H2,1-4H3,(H,18,19). The number of anilines is 1. The molecular formula is C16H24N2O2. The van der Waals surface area contributed by atoms with E-state index in [9.17, 15) is 4.79 Å². The van der Waals surface area contributed by atoms with E-state index in [-0.39, 0.29) is 0 Å². The highest BCUT2D eigenvalue weighted by Crippen LogP contribution is 2.47. The van der Waals surface area contributed by atoms with Gasteiger partial charge in [0.05, 0.1) is 0 Å². The second-order valence-electron chi connectivity index (χ2n) is 6.54. The Balaban J connectivity index is 2.01. The predicted octanol–water partition coefficient (Wildman–Crippen LogP) is 3.40. The molecule has 1 aliphatic rings. The molecular weight excluding hydrogens is 252 g/mol. The van der Waals surface area contributed by atoms with Crippen molar-refractivity contribution < 1.29 is 9.53 Å². The Labute approximate surface area is 120 Å². The van der Waals surface area contributed by atoms with E-state index >= 15 is 0 Å². The Morgan fingerprint density at radius 3 is 2.65 bits per heavy atom. The number of carbonyl (C=O) groups is 1. The van der Waals surface area contributed by atoms with Gasteiger partial charge in [0.2, 0.25) is 0 Å². The molecule has 1 aliphatic carbocycles. The minimum atomic E-state index is -0.486. The molecule has 3 N–H and O–H groups in total. The zero-order valence-electron chi connectivity index (χ0n) is 12.7. The Bertz CT molecular complexity index is 506. The van der Waals surface area contributed by atoms with Crippen LogP contribution in [0.3, 0.4) is 0 Å². The molecule has 0 radical (unpaired) electrons. The number of carbonyl (C=O) groups excluding carboxylic acids is 1. The maximum atomic E-state index is 11.8. The van der Waals surface area contributed by atoms with Crippen molar-refractivity contribution in [1.82, 2.24) is 0 Å². The van der Waals surface area contributed by atoms with Crippen molar-refractivity contribution >= 4 is 11.8 Å². The number of nitrogens with one attached hydrogen (secondary N) is 1. The summed E-state index contributed by atoms with van der Waals surface area (Å²) in [5, 5.41) is 2.79. The van der Waals surface area contributed by atoms with E-state index in [4.69, 9.17) is 10.5 Å². The largest absolute Gasteiger partial charge is 0.444 e. The first-order valence-corrected chi connectivity index (χ1v) is 7.11. The lowest BCUT2D eigenvalue weighted by atomic mass is 10.0. The molecule has 2 atom stereocenters. The summed E-state index contributed by atoms with van der Waals surface area (Å²) in [6.45, 7) is 8.30. The highest BCUT2D eigenvalue weighted by molar-refractivity contribution is 5.86. The Hall–Kier alpha value is -1.55. The number of benzene rings is 1. The molecule has 0 aromatic heterocycles. The van der Waals surface area contributed by atoms with Crippen molar-refractivity contribution in [3.05, 3.63) is 29.3 Å².